The number of hydrogen-bond acceptors (Lipinski definition) is 3. The first-order valence-electron chi connectivity index (χ1n) is 6.58. The molecule has 1 aromatic carbocycles. The van der Waals surface area contributed by atoms with Gasteiger partial charge in [0, 0.05) is 5.56 Å². The Hall–Kier alpha value is -2.90. The topological polar surface area (TPSA) is 139 Å². The Bertz CT molecular complexity index is 667. The minimum absolute atomic E-state index is 0.376. The fraction of sp³-hybridized carbons (Fsp3) is 0.286. The molecule has 8 heteroatoms. The average Bonchev–Trinajstić information content (AvgIpc) is 2.70. The van der Waals surface area contributed by atoms with E-state index in [2.05, 4.69) is 4.99 Å². The zero-order valence-corrected chi connectivity index (χ0v) is 11.9. The second-order valence-electron chi connectivity index (χ2n) is 5.02. The third-order valence-electron chi connectivity index (χ3n) is 3.51. The lowest BCUT2D eigenvalue weighted by Crippen LogP contribution is -2.38. The van der Waals surface area contributed by atoms with Crippen LogP contribution in [0.25, 0.3) is 0 Å². The highest BCUT2D eigenvalue weighted by Gasteiger charge is 2.42. The fourth-order valence-corrected chi connectivity index (χ4v) is 2.62. The maximum atomic E-state index is 12.4. The van der Waals surface area contributed by atoms with E-state index in [1.54, 1.807) is 31.2 Å². The summed E-state index contributed by atoms with van der Waals surface area (Å²) in [6.45, 7) is 1.06. The van der Waals surface area contributed by atoms with Crippen LogP contribution in [0.2, 0.25) is 0 Å². The van der Waals surface area contributed by atoms with Gasteiger partial charge in [-0.1, -0.05) is 25.1 Å². The highest BCUT2D eigenvalue weighted by molar-refractivity contribution is 6.02. The highest BCUT2D eigenvalue weighted by atomic mass is 16.4. The van der Waals surface area contributed by atoms with Crippen molar-refractivity contribution in [1.82, 2.24) is 4.90 Å². The quantitative estimate of drug-likeness (QED) is 0.515. The minimum Gasteiger partial charge on any atom is -0.480 e. The summed E-state index contributed by atoms with van der Waals surface area (Å²) in [4.78, 5) is 40.1. The molecule has 2 amide bonds. The maximum Gasteiger partial charge on any atom is 0.323 e. The number of aliphatic imine (C=N–C) groups is 1. The molecule has 0 aromatic heterocycles. The van der Waals surface area contributed by atoms with Crippen molar-refractivity contribution in [3.63, 3.8) is 0 Å². The SMILES string of the molecule is CC(C(=O)N=C(N)N)C1c2ccccc2C(=O)N1CC(=O)O. The van der Waals surface area contributed by atoms with Crippen molar-refractivity contribution in [2.45, 2.75) is 13.0 Å². The van der Waals surface area contributed by atoms with Crippen LogP contribution >= 0.6 is 0 Å². The molecular weight excluding hydrogens is 288 g/mol. The summed E-state index contributed by atoms with van der Waals surface area (Å²) in [5.74, 6) is -3.34. The largest absolute Gasteiger partial charge is 0.480 e. The Morgan fingerprint density at radius 1 is 1.36 bits per heavy atom. The molecule has 0 radical (unpaired) electrons. The zero-order chi connectivity index (χ0) is 16.4. The summed E-state index contributed by atoms with van der Waals surface area (Å²) >= 11 is 0. The van der Waals surface area contributed by atoms with Gasteiger partial charge in [-0.3, -0.25) is 14.4 Å². The molecule has 2 atom stereocenters. The van der Waals surface area contributed by atoms with Crippen molar-refractivity contribution < 1.29 is 19.5 Å². The first kappa shape index (κ1) is 15.5. The number of rotatable bonds is 4. The van der Waals surface area contributed by atoms with Crippen LogP contribution < -0.4 is 11.5 Å². The van der Waals surface area contributed by atoms with E-state index >= 15 is 0 Å². The summed E-state index contributed by atoms with van der Waals surface area (Å²) in [5, 5.41) is 9.01. The van der Waals surface area contributed by atoms with Crippen LogP contribution in [0.5, 0.6) is 0 Å². The first-order valence-corrected chi connectivity index (χ1v) is 6.58. The van der Waals surface area contributed by atoms with Gasteiger partial charge in [-0.05, 0) is 11.6 Å². The minimum atomic E-state index is -1.16. The second-order valence-corrected chi connectivity index (χ2v) is 5.02. The molecule has 0 aliphatic carbocycles. The molecule has 0 saturated heterocycles. The number of benzene rings is 1. The van der Waals surface area contributed by atoms with E-state index in [4.69, 9.17) is 16.6 Å². The van der Waals surface area contributed by atoms with E-state index in [0.717, 1.165) is 4.90 Å². The number of hydrogen-bond donors (Lipinski definition) is 3. The Morgan fingerprint density at radius 2 is 2.00 bits per heavy atom. The van der Waals surface area contributed by atoms with Gasteiger partial charge in [0.15, 0.2) is 5.96 Å². The van der Waals surface area contributed by atoms with Crippen LogP contribution in [0.15, 0.2) is 29.3 Å². The van der Waals surface area contributed by atoms with Gasteiger partial charge >= 0.3 is 5.97 Å². The lowest BCUT2D eigenvalue weighted by molar-refractivity contribution is -0.139. The molecule has 8 nitrogen and oxygen atoms in total. The number of aliphatic carboxylic acids is 1. The second kappa shape index (κ2) is 5.84. The molecule has 116 valence electrons. The normalized spacial score (nSPS) is 17.8. The number of carboxylic acid groups (broad SMARTS) is 1. The molecule has 0 bridgehead atoms. The van der Waals surface area contributed by atoms with E-state index in [9.17, 15) is 14.4 Å². The lowest BCUT2D eigenvalue weighted by Gasteiger charge is -2.27. The number of guanidine groups is 1. The summed E-state index contributed by atoms with van der Waals surface area (Å²) in [6, 6.07) is 5.99. The van der Waals surface area contributed by atoms with Crippen LogP contribution in [0.3, 0.4) is 0 Å². The number of fused-ring (bicyclic) bond motifs is 1. The van der Waals surface area contributed by atoms with Gasteiger partial charge < -0.3 is 21.5 Å². The monoisotopic (exact) mass is 304 g/mol. The molecule has 0 spiro atoms. The molecule has 0 saturated carbocycles. The van der Waals surface area contributed by atoms with Crippen LogP contribution in [-0.2, 0) is 9.59 Å². The van der Waals surface area contributed by atoms with Gasteiger partial charge in [-0.2, -0.15) is 4.99 Å². The smallest absolute Gasteiger partial charge is 0.323 e. The van der Waals surface area contributed by atoms with Gasteiger partial charge in [0.1, 0.15) is 6.54 Å². The van der Waals surface area contributed by atoms with E-state index < -0.39 is 36.3 Å². The van der Waals surface area contributed by atoms with Gasteiger partial charge in [-0.15, -0.1) is 0 Å². The van der Waals surface area contributed by atoms with Gasteiger partial charge in [0.2, 0.25) is 0 Å². The summed E-state index contributed by atoms with van der Waals surface area (Å²) in [6.07, 6.45) is 0. The molecular formula is C14H16N4O4. The molecule has 2 unspecified atom stereocenters. The Morgan fingerprint density at radius 3 is 2.59 bits per heavy atom. The van der Waals surface area contributed by atoms with E-state index in [-0.39, 0.29) is 5.96 Å². The molecule has 5 N–H and O–H groups in total. The maximum absolute atomic E-state index is 12.4. The molecule has 1 aliphatic heterocycles. The fourth-order valence-electron chi connectivity index (χ4n) is 2.62. The number of carboxylic acids is 1. The standard InChI is InChI=1S/C14H16N4O4/c1-7(12(21)17-14(15)16)11-8-4-2-3-5-9(8)13(22)18(11)6-10(19)20/h2-5,7,11H,6H2,1H3,(H,19,20)(H4,15,16,17,21). The molecule has 1 heterocycles. The van der Waals surface area contributed by atoms with E-state index in [0.29, 0.717) is 11.1 Å². The van der Waals surface area contributed by atoms with E-state index in [1.807, 2.05) is 0 Å². The zero-order valence-electron chi connectivity index (χ0n) is 11.9. The van der Waals surface area contributed by atoms with Gasteiger partial charge in [0.25, 0.3) is 11.8 Å². The van der Waals surface area contributed by atoms with E-state index in [1.165, 1.54) is 0 Å². The van der Waals surface area contributed by atoms with Crippen molar-refractivity contribution in [2.24, 2.45) is 22.4 Å². The third kappa shape index (κ3) is 2.76. The average molecular weight is 304 g/mol. The number of nitrogens with zero attached hydrogens (tertiary/aromatic N) is 2. The molecule has 1 aliphatic rings. The summed E-state index contributed by atoms with van der Waals surface area (Å²) < 4.78 is 0. The van der Waals surface area contributed by atoms with Gasteiger partial charge in [0.05, 0.1) is 12.0 Å². The van der Waals surface area contributed by atoms with Crippen molar-refractivity contribution >= 4 is 23.7 Å². The highest BCUT2D eigenvalue weighted by Crippen LogP contribution is 2.38. The van der Waals surface area contributed by atoms with Crippen LogP contribution in [0.4, 0.5) is 0 Å². The number of carbonyl (C=O) groups is 3. The molecule has 0 fully saturated rings. The first-order chi connectivity index (χ1) is 10.3. The Balaban J connectivity index is 2.44. The molecule has 22 heavy (non-hydrogen) atoms. The Labute approximate surface area is 126 Å². The number of amides is 2. The van der Waals surface area contributed by atoms with Crippen LogP contribution in [0.1, 0.15) is 28.9 Å². The third-order valence-corrected chi connectivity index (χ3v) is 3.51. The lowest BCUT2D eigenvalue weighted by atomic mass is 9.93. The Kier molecular flexibility index (Phi) is 4.11. The number of carbonyl (C=O) groups excluding carboxylic acids is 2. The molecule has 2 rings (SSSR count). The van der Waals surface area contributed by atoms with Crippen LogP contribution in [0, 0.1) is 5.92 Å². The van der Waals surface area contributed by atoms with Crippen molar-refractivity contribution in [3.05, 3.63) is 35.4 Å². The van der Waals surface area contributed by atoms with Crippen molar-refractivity contribution in [3.8, 4) is 0 Å². The van der Waals surface area contributed by atoms with Crippen LogP contribution in [-0.4, -0.2) is 40.3 Å². The molecule has 1 aromatic rings. The number of nitrogens with two attached hydrogens (primary N) is 2. The predicted molar refractivity (Wildman–Crippen MR) is 77.8 cm³/mol. The van der Waals surface area contributed by atoms with Crippen molar-refractivity contribution in [2.75, 3.05) is 6.54 Å². The van der Waals surface area contributed by atoms with Gasteiger partial charge in [-0.25, -0.2) is 0 Å². The summed E-state index contributed by atoms with van der Waals surface area (Å²) in [5.41, 5.74) is 11.4. The summed E-state index contributed by atoms with van der Waals surface area (Å²) in [7, 11) is 0. The predicted octanol–water partition coefficient (Wildman–Crippen LogP) is -0.296. The van der Waals surface area contributed by atoms with Crippen molar-refractivity contribution in [1.29, 1.82) is 0 Å².